The maximum Gasteiger partial charge on any atom is 0.171 e. The molecule has 0 spiro atoms. The van der Waals surface area contributed by atoms with E-state index in [4.69, 9.17) is 4.74 Å². The highest BCUT2D eigenvalue weighted by Crippen LogP contribution is 2.33. The number of benzene rings is 1. The van der Waals surface area contributed by atoms with Crippen LogP contribution >= 0.6 is 0 Å². The first-order chi connectivity index (χ1) is 8.57. The van der Waals surface area contributed by atoms with Crippen LogP contribution in [0.5, 0.6) is 5.75 Å². The van der Waals surface area contributed by atoms with Crippen LogP contribution in [0, 0.1) is 5.82 Å². The molecule has 0 amide bonds. The van der Waals surface area contributed by atoms with Crippen molar-refractivity contribution in [3.8, 4) is 5.75 Å². The lowest BCUT2D eigenvalue weighted by atomic mass is 9.89. The zero-order valence-electron chi connectivity index (χ0n) is 10.2. The summed E-state index contributed by atoms with van der Waals surface area (Å²) in [4.78, 5) is 3.94. The van der Waals surface area contributed by atoms with Crippen molar-refractivity contribution in [2.75, 3.05) is 7.11 Å². The van der Waals surface area contributed by atoms with E-state index in [0.29, 0.717) is 5.56 Å². The van der Waals surface area contributed by atoms with Crippen molar-refractivity contribution in [2.45, 2.75) is 12.5 Å². The summed E-state index contributed by atoms with van der Waals surface area (Å²) in [6.45, 7) is 1.53. The number of methoxy groups -OCH3 is 1. The summed E-state index contributed by atoms with van der Waals surface area (Å²) >= 11 is 0. The molecule has 2 rings (SSSR count). The van der Waals surface area contributed by atoms with Crippen LogP contribution in [-0.2, 0) is 5.60 Å². The van der Waals surface area contributed by atoms with E-state index in [9.17, 15) is 9.50 Å². The third-order valence-corrected chi connectivity index (χ3v) is 2.93. The number of nitrogens with zero attached hydrogens (tertiary/aromatic N) is 1. The summed E-state index contributed by atoms with van der Waals surface area (Å²) in [5.74, 6) is -0.453. The van der Waals surface area contributed by atoms with Crippen molar-refractivity contribution >= 4 is 0 Å². The maximum absolute atomic E-state index is 14.1. The molecular weight excluding hydrogens is 233 g/mol. The molecule has 18 heavy (non-hydrogen) atoms. The third kappa shape index (κ3) is 2.07. The molecule has 0 aliphatic rings. The fraction of sp³-hybridized carbons (Fsp3) is 0.214. The van der Waals surface area contributed by atoms with Crippen LogP contribution in [0.2, 0.25) is 0 Å². The molecule has 0 bridgehead atoms. The number of halogens is 1. The first kappa shape index (κ1) is 12.5. The van der Waals surface area contributed by atoms with Crippen molar-refractivity contribution in [2.24, 2.45) is 0 Å². The van der Waals surface area contributed by atoms with Gasteiger partial charge in [-0.1, -0.05) is 18.2 Å². The highest BCUT2D eigenvalue weighted by atomic mass is 19.1. The highest BCUT2D eigenvalue weighted by molar-refractivity contribution is 5.39. The monoisotopic (exact) mass is 247 g/mol. The molecule has 94 valence electrons. The minimum Gasteiger partial charge on any atom is -0.494 e. The van der Waals surface area contributed by atoms with Gasteiger partial charge in [-0.05, 0) is 19.1 Å². The Balaban J connectivity index is 2.54. The Morgan fingerprint density at radius 2 is 2.06 bits per heavy atom. The van der Waals surface area contributed by atoms with Crippen LogP contribution in [0.15, 0.2) is 42.7 Å². The van der Waals surface area contributed by atoms with E-state index in [1.807, 2.05) is 0 Å². The second-order valence-electron chi connectivity index (χ2n) is 4.14. The van der Waals surface area contributed by atoms with Crippen molar-refractivity contribution in [3.05, 3.63) is 59.7 Å². The van der Waals surface area contributed by atoms with Crippen LogP contribution in [0.1, 0.15) is 18.1 Å². The molecule has 1 aromatic carbocycles. The lowest BCUT2D eigenvalue weighted by Crippen LogP contribution is -2.24. The van der Waals surface area contributed by atoms with Gasteiger partial charge in [-0.3, -0.25) is 4.98 Å². The largest absolute Gasteiger partial charge is 0.494 e. The number of rotatable bonds is 3. The van der Waals surface area contributed by atoms with Gasteiger partial charge < -0.3 is 9.84 Å². The molecular formula is C14H14FNO2. The van der Waals surface area contributed by atoms with E-state index in [2.05, 4.69) is 4.98 Å². The van der Waals surface area contributed by atoms with Crippen LogP contribution in [0.25, 0.3) is 0 Å². The van der Waals surface area contributed by atoms with Gasteiger partial charge in [0.15, 0.2) is 11.6 Å². The second kappa shape index (κ2) is 4.74. The van der Waals surface area contributed by atoms with Gasteiger partial charge in [0.2, 0.25) is 0 Å². The molecule has 1 N–H and O–H groups in total. The Bertz CT molecular complexity index is 541. The summed E-state index contributed by atoms with van der Waals surface area (Å²) in [6, 6.07) is 8.08. The molecule has 1 aromatic heterocycles. The van der Waals surface area contributed by atoms with E-state index in [-0.39, 0.29) is 11.3 Å². The summed E-state index contributed by atoms with van der Waals surface area (Å²) in [7, 11) is 1.39. The van der Waals surface area contributed by atoms with Gasteiger partial charge in [-0.25, -0.2) is 4.39 Å². The lowest BCUT2D eigenvalue weighted by molar-refractivity contribution is 0.0968. The Hall–Kier alpha value is -1.94. The SMILES string of the molecule is COc1cccc(C(C)(O)c2cccnc2)c1F. The third-order valence-electron chi connectivity index (χ3n) is 2.93. The molecule has 0 saturated carbocycles. The van der Waals surface area contributed by atoms with E-state index >= 15 is 0 Å². The number of ether oxygens (including phenoxy) is 1. The second-order valence-corrected chi connectivity index (χ2v) is 4.14. The Kier molecular flexibility index (Phi) is 3.30. The van der Waals surface area contributed by atoms with Gasteiger partial charge in [0.1, 0.15) is 5.60 Å². The quantitative estimate of drug-likeness (QED) is 0.906. The normalized spacial score (nSPS) is 14.0. The number of aliphatic hydroxyl groups is 1. The molecule has 0 aliphatic carbocycles. The van der Waals surface area contributed by atoms with E-state index in [1.54, 1.807) is 24.4 Å². The Morgan fingerprint density at radius 3 is 2.67 bits per heavy atom. The average Bonchev–Trinajstić information content (AvgIpc) is 2.40. The Labute approximate surface area is 105 Å². The molecule has 3 nitrogen and oxygen atoms in total. The molecule has 0 fully saturated rings. The minimum atomic E-state index is -1.45. The first-order valence-corrected chi connectivity index (χ1v) is 5.53. The number of pyridine rings is 1. The molecule has 1 unspecified atom stereocenters. The van der Waals surface area contributed by atoms with Crippen molar-refractivity contribution in [1.82, 2.24) is 4.98 Å². The molecule has 0 aliphatic heterocycles. The topological polar surface area (TPSA) is 42.4 Å². The van der Waals surface area contributed by atoms with Crippen molar-refractivity contribution < 1.29 is 14.2 Å². The Morgan fingerprint density at radius 1 is 1.28 bits per heavy atom. The van der Waals surface area contributed by atoms with Gasteiger partial charge in [0.25, 0.3) is 0 Å². The van der Waals surface area contributed by atoms with Crippen LogP contribution in [0.3, 0.4) is 0 Å². The molecule has 1 atom stereocenters. The maximum atomic E-state index is 14.1. The van der Waals surface area contributed by atoms with Crippen LogP contribution in [-0.4, -0.2) is 17.2 Å². The molecule has 0 radical (unpaired) electrons. The first-order valence-electron chi connectivity index (χ1n) is 5.53. The molecule has 0 saturated heterocycles. The lowest BCUT2D eigenvalue weighted by Gasteiger charge is -2.25. The van der Waals surface area contributed by atoms with Crippen LogP contribution < -0.4 is 4.74 Å². The van der Waals surface area contributed by atoms with Crippen LogP contribution in [0.4, 0.5) is 4.39 Å². The predicted molar refractivity (Wildman–Crippen MR) is 65.9 cm³/mol. The molecule has 2 aromatic rings. The zero-order valence-corrected chi connectivity index (χ0v) is 10.2. The summed E-state index contributed by atoms with van der Waals surface area (Å²) in [6.07, 6.45) is 3.11. The predicted octanol–water partition coefficient (Wildman–Crippen LogP) is 2.49. The fourth-order valence-electron chi connectivity index (χ4n) is 1.85. The number of hydrogen-bond donors (Lipinski definition) is 1. The average molecular weight is 247 g/mol. The van der Waals surface area contributed by atoms with E-state index in [1.165, 1.54) is 32.4 Å². The summed E-state index contributed by atoms with van der Waals surface area (Å²) in [5.41, 5.74) is -0.764. The number of hydrogen-bond acceptors (Lipinski definition) is 3. The van der Waals surface area contributed by atoms with Crippen molar-refractivity contribution in [1.29, 1.82) is 0 Å². The van der Waals surface area contributed by atoms with Gasteiger partial charge in [-0.2, -0.15) is 0 Å². The van der Waals surface area contributed by atoms with Gasteiger partial charge in [-0.15, -0.1) is 0 Å². The summed E-state index contributed by atoms with van der Waals surface area (Å²) in [5, 5.41) is 10.5. The van der Waals surface area contributed by atoms with E-state index < -0.39 is 11.4 Å². The summed E-state index contributed by atoms with van der Waals surface area (Å²) < 4.78 is 19.1. The minimum absolute atomic E-state index is 0.108. The van der Waals surface area contributed by atoms with Crippen molar-refractivity contribution in [3.63, 3.8) is 0 Å². The molecule has 1 heterocycles. The zero-order chi connectivity index (χ0) is 13.2. The van der Waals surface area contributed by atoms with Gasteiger partial charge in [0.05, 0.1) is 7.11 Å². The van der Waals surface area contributed by atoms with Gasteiger partial charge >= 0.3 is 0 Å². The number of aromatic nitrogens is 1. The van der Waals surface area contributed by atoms with E-state index in [0.717, 1.165) is 0 Å². The smallest absolute Gasteiger partial charge is 0.171 e. The van der Waals surface area contributed by atoms with Gasteiger partial charge in [0, 0.05) is 23.5 Å². The molecule has 4 heteroatoms. The fourth-order valence-corrected chi connectivity index (χ4v) is 1.85. The standard InChI is InChI=1S/C14H14FNO2/c1-14(17,10-5-4-8-16-9-10)11-6-3-7-12(18-2)13(11)15/h3-9,17H,1-2H3. The highest BCUT2D eigenvalue weighted by Gasteiger charge is 2.30.